The van der Waals surface area contributed by atoms with Gasteiger partial charge in [0.15, 0.2) is 0 Å². The zero-order valence-electron chi connectivity index (χ0n) is 12.5. The van der Waals surface area contributed by atoms with Gasteiger partial charge in [-0.05, 0) is 24.8 Å². The van der Waals surface area contributed by atoms with Crippen LogP contribution in [0.4, 0.5) is 4.39 Å². The molecule has 2 aliphatic rings. The molecule has 0 spiro atoms. The topological polar surface area (TPSA) is 15.3 Å². The highest BCUT2D eigenvalue weighted by Gasteiger charge is 2.31. The third kappa shape index (κ3) is 3.58. The number of benzene rings is 1. The highest BCUT2D eigenvalue weighted by molar-refractivity contribution is 6.30. The van der Waals surface area contributed by atoms with Gasteiger partial charge in [-0.2, -0.15) is 0 Å². The first-order valence-corrected chi connectivity index (χ1v) is 8.51. The van der Waals surface area contributed by atoms with Crippen LogP contribution in [0.25, 0.3) is 0 Å². The molecule has 1 atom stereocenters. The van der Waals surface area contributed by atoms with E-state index >= 15 is 0 Å². The Balaban J connectivity index is 1.73. The van der Waals surface area contributed by atoms with Crippen molar-refractivity contribution in [3.8, 4) is 0 Å². The average Bonchev–Trinajstić information content (AvgIpc) is 2.53. The summed E-state index contributed by atoms with van der Waals surface area (Å²) < 4.78 is 14.2. The monoisotopic (exact) mass is 310 g/mol. The van der Waals surface area contributed by atoms with Gasteiger partial charge in [-0.25, -0.2) is 4.39 Å². The second kappa shape index (κ2) is 7.08. The van der Waals surface area contributed by atoms with Crippen LogP contribution < -0.4 is 5.32 Å². The van der Waals surface area contributed by atoms with Crippen LogP contribution in [0.3, 0.4) is 0 Å². The van der Waals surface area contributed by atoms with Crippen LogP contribution in [0.5, 0.6) is 0 Å². The lowest BCUT2D eigenvalue weighted by atomic mass is 9.82. The molecule has 1 unspecified atom stereocenters. The van der Waals surface area contributed by atoms with E-state index in [0.717, 1.165) is 31.1 Å². The molecule has 1 heterocycles. The molecule has 1 saturated carbocycles. The molecule has 1 aromatic carbocycles. The Kier molecular flexibility index (Phi) is 5.15. The maximum absolute atomic E-state index is 14.2. The van der Waals surface area contributed by atoms with Gasteiger partial charge in [0.1, 0.15) is 5.82 Å². The fourth-order valence-corrected chi connectivity index (χ4v) is 4.03. The van der Waals surface area contributed by atoms with Gasteiger partial charge >= 0.3 is 0 Å². The lowest BCUT2D eigenvalue weighted by Crippen LogP contribution is -2.54. The molecule has 2 nitrogen and oxygen atoms in total. The summed E-state index contributed by atoms with van der Waals surface area (Å²) in [6.07, 6.45) is 6.71. The highest BCUT2D eigenvalue weighted by Crippen LogP contribution is 2.31. The second-order valence-corrected chi connectivity index (χ2v) is 6.76. The third-order valence-electron chi connectivity index (χ3n) is 5.00. The summed E-state index contributed by atoms with van der Waals surface area (Å²) in [7, 11) is 0. The van der Waals surface area contributed by atoms with Crippen LogP contribution in [-0.2, 0) is 6.54 Å². The van der Waals surface area contributed by atoms with Crippen molar-refractivity contribution in [2.24, 2.45) is 5.92 Å². The molecule has 1 aliphatic heterocycles. The van der Waals surface area contributed by atoms with E-state index in [4.69, 9.17) is 11.6 Å². The Hall–Kier alpha value is -0.640. The first-order chi connectivity index (χ1) is 10.3. The van der Waals surface area contributed by atoms with Crippen molar-refractivity contribution >= 4 is 11.6 Å². The van der Waals surface area contributed by atoms with Crippen LogP contribution in [0.2, 0.25) is 5.02 Å². The van der Waals surface area contributed by atoms with Crippen LogP contribution in [0.15, 0.2) is 18.2 Å². The summed E-state index contributed by atoms with van der Waals surface area (Å²) in [6.45, 7) is 3.70. The molecule has 1 aromatic rings. The average molecular weight is 311 g/mol. The van der Waals surface area contributed by atoms with Gasteiger partial charge in [0.25, 0.3) is 0 Å². The van der Waals surface area contributed by atoms with E-state index in [0.29, 0.717) is 12.6 Å². The molecule has 116 valence electrons. The highest BCUT2D eigenvalue weighted by atomic mass is 35.5. The molecule has 0 radical (unpaired) electrons. The second-order valence-electron chi connectivity index (χ2n) is 6.35. The van der Waals surface area contributed by atoms with Crippen molar-refractivity contribution < 1.29 is 4.39 Å². The van der Waals surface area contributed by atoms with E-state index in [1.54, 1.807) is 6.07 Å². The predicted octanol–water partition coefficient (Wildman–Crippen LogP) is 3.83. The molecule has 2 fully saturated rings. The summed E-state index contributed by atoms with van der Waals surface area (Å²) in [6, 6.07) is 5.87. The van der Waals surface area contributed by atoms with E-state index in [1.165, 1.54) is 32.1 Å². The number of nitrogens with zero attached hydrogens (tertiary/aromatic N) is 1. The fraction of sp³-hybridized carbons (Fsp3) is 0.647. The number of halogens is 2. The van der Waals surface area contributed by atoms with E-state index in [2.05, 4.69) is 10.2 Å². The molecular weight excluding hydrogens is 287 g/mol. The van der Waals surface area contributed by atoms with Gasteiger partial charge in [-0.15, -0.1) is 0 Å². The van der Waals surface area contributed by atoms with E-state index in [9.17, 15) is 4.39 Å². The lowest BCUT2D eigenvalue weighted by molar-refractivity contribution is 0.0850. The van der Waals surface area contributed by atoms with Crippen molar-refractivity contribution in [1.29, 1.82) is 0 Å². The standard InChI is InChI=1S/C17H24ClFN2/c18-15-8-4-7-14(17(15)19)12-21-10-9-20-11-16(21)13-5-2-1-3-6-13/h4,7-8,13,16,20H,1-3,5-6,9-12H2. The summed E-state index contributed by atoms with van der Waals surface area (Å²) in [4.78, 5) is 2.46. The Morgan fingerprint density at radius 2 is 2.05 bits per heavy atom. The van der Waals surface area contributed by atoms with Crippen LogP contribution in [-0.4, -0.2) is 30.6 Å². The van der Waals surface area contributed by atoms with Gasteiger partial charge < -0.3 is 5.32 Å². The smallest absolute Gasteiger partial charge is 0.146 e. The number of rotatable bonds is 3. The van der Waals surface area contributed by atoms with Gasteiger partial charge in [-0.1, -0.05) is 43.0 Å². The fourth-order valence-electron chi connectivity index (χ4n) is 3.84. The first kappa shape index (κ1) is 15.3. The third-order valence-corrected chi connectivity index (χ3v) is 5.29. The van der Waals surface area contributed by atoms with Crippen LogP contribution >= 0.6 is 11.6 Å². The Morgan fingerprint density at radius 3 is 2.86 bits per heavy atom. The van der Waals surface area contributed by atoms with Crippen molar-refractivity contribution in [3.63, 3.8) is 0 Å². The van der Waals surface area contributed by atoms with E-state index in [-0.39, 0.29) is 10.8 Å². The largest absolute Gasteiger partial charge is 0.314 e. The molecule has 1 N–H and O–H groups in total. The minimum absolute atomic E-state index is 0.233. The normalized spacial score (nSPS) is 25.1. The van der Waals surface area contributed by atoms with Gasteiger partial charge in [0.2, 0.25) is 0 Å². The number of hydrogen-bond donors (Lipinski definition) is 1. The molecule has 3 rings (SSSR count). The maximum Gasteiger partial charge on any atom is 0.146 e. The Labute approximate surface area is 131 Å². The zero-order valence-corrected chi connectivity index (χ0v) is 13.2. The molecule has 4 heteroatoms. The summed E-state index contributed by atoms with van der Waals surface area (Å²) in [5.41, 5.74) is 0.727. The van der Waals surface area contributed by atoms with Crippen molar-refractivity contribution in [2.45, 2.75) is 44.7 Å². The van der Waals surface area contributed by atoms with Crippen molar-refractivity contribution in [1.82, 2.24) is 10.2 Å². The molecule has 0 amide bonds. The lowest BCUT2D eigenvalue weighted by Gasteiger charge is -2.42. The van der Waals surface area contributed by atoms with Gasteiger partial charge in [0, 0.05) is 37.8 Å². The molecule has 0 aromatic heterocycles. The number of hydrogen-bond acceptors (Lipinski definition) is 2. The summed E-state index contributed by atoms with van der Waals surface area (Å²) in [5.74, 6) is 0.508. The molecular formula is C17H24ClFN2. The predicted molar refractivity (Wildman–Crippen MR) is 85.1 cm³/mol. The van der Waals surface area contributed by atoms with Gasteiger partial charge in [-0.3, -0.25) is 4.90 Å². The quantitative estimate of drug-likeness (QED) is 0.912. The Bertz CT molecular complexity index is 474. The minimum atomic E-state index is -0.250. The SMILES string of the molecule is Fc1c(Cl)cccc1CN1CCNCC1C1CCCCC1. The summed E-state index contributed by atoms with van der Waals surface area (Å²) >= 11 is 5.91. The minimum Gasteiger partial charge on any atom is -0.314 e. The van der Waals surface area contributed by atoms with Crippen LogP contribution in [0.1, 0.15) is 37.7 Å². The molecule has 0 bridgehead atoms. The van der Waals surface area contributed by atoms with Crippen LogP contribution in [0, 0.1) is 11.7 Å². The number of piperazine rings is 1. The van der Waals surface area contributed by atoms with Gasteiger partial charge in [0.05, 0.1) is 5.02 Å². The maximum atomic E-state index is 14.2. The van der Waals surface area contributed by atoms with Crippen molar-refractivity contribution in [2.75, 3.05) is 19.6 Å². The van der Waals surface area contributed by atoms with E-state index < -0.39 is 0 Å². The molecule has 21 heavy (non-hydrogen) atoms. The number of nitrogens with one attached hydrogen (secondary N) is 1. The zero-order chi connectivity index (χ0) is 14.7. The van der Waals surface area contributed by atoms with Crippen molar-refractivity contribution in [3.05, 3.63) is 34.6 Å². The molecule has 1 saturated heterocycles. The summed E-state index contributed by atoms with van der Waals surface area (Å²) in [5, 5.41) is 3.75. The Morgan fingerprint density at radius 1 is 1.24 bits per heavy atom. The van der Waals surface area contributed by atoms with E-state index in [1.807, 2.05) is 12.1 Å². The first-order valence-electron chi connectivity index (χ1n) is 8.13. The molecule has 1 aliphatic carbocycles.